The molecule has 0 aliphatic heterocycles. The molecule has 0 aromatic heterocycles. The van der Waals surface area contributed by atoms with E-state index in [1.165, 1.54) is 0 Å². The molecule has 2 aromatic rings. The second kappa shape index (κ2) is 11.0. The second-order valence-electron chi connectivity index (χ2n) is 9.03. The number of fused-ring (bicyclic) bond motifs is 3. The van der Waals surface area contributed by atoms with Crippen molar-refractivity contribution < 1.29 is 33.8 Å². The minimum Gasteiger partial charge on any atom is -0.480 e. The number of amides is 2. The largest absolute Gasteiger partial charge is 0.480 e. The molecule has 0 spiro atoms. The zero-order valence-corrected chi connectivity index (χ0v) is 20.0. The molecule has 0 saturated carbocycles. The number of hydrogen-bond donors (Lipinski definition) is 3. The van der Waals surface area contributed by atoms with Crippen LogP contribution in [-0.4, -0.2) is 55.3 Å². The monoisotopic (exact) mass is 482 g/mol. The number of rotatable bonds is 10. The Morgan fingerprint density at radius 1 is 1.00 bits per heavy atom. The molecule has 2 aromatic carbocycles. The van der Waals surface area contributed by atoms with E-state index in [0.29, 0.717) is 0 Å². The number of nitrogens with one attached hydrogen (secondary N) is 2. The third kappa shape index (κ3) is 6.17. The Labute approximate surface area is 203 Å². The van der Waals surface area contributed by atoms with Crippen molar-refractivity contribution in [3.63, 3.8) is 0 Å². The summed E-state index contributed by atoms with van der Waals surface area (Å²) in [5, 5.41) is 14.3. The molecule has 186 valence electrons. The number of ether oxygens (including phenoxy) is 2. The zero-order valence-electron chi connectivity index (χ0n) is 20.0. The number of carbonyl (C=O) groups excluding carboxylic acids is 3. The summed E-state index contributed by atoms with van der Waals surface area (Å²) in [5.41, 5.74) is 3.49. The maximum atomic E-state index is 12.6. The molecule has 0 fully saturated rings. The van der Waals surface area contributed by atoms with E-state index in [4.69, 9.17) is 4.74 Å². The van der Waals surface area contributed by atoms with Crippen molar-refractivity contribution in [2.75, 3.05) is 20.3 Å². The highest BCUT2D eigenvalue weighted by Gasteiger charge is 2.33. The van der Waals surface area contributed by atoms with Gasteiger partial charge in [-0.05, 0) is 28.7 Å². The van der Waals surface area contributed by atoms with Crippen LogP contribution < -0.4 is 10.6 Å². The topological polar surface area (TPSA) is 131 Å². The Morgan fingerprint density at radius 3 is 2.11 bits per heavy atom. The van der Waals surface area contributed by atoms with Crippen molar-refractivity contribution in [2.24, 2.45) is 5.41 Å². The maximum absolute atomic E-state index is 12.6. The van der Waals surface area contributed by atoms with Crippen LogP contribution in [0.25, 0.3) is 11.1 Å². The minimum absolute atomic E-state index is 0.0573. The first-order valence-corrected chi connectivity index (χ1v) is 11.3. The number of carbonyl (C=O) groups is 4. The van der Waals surface area contributed by atoms with Crippen LogP contribution in [0, 0.1) is 5.41 Å². The molecular weight excluding hydrogens is 452 g/mol. The lowest BCUT2D eigenvalue weighted by Crippen LogP contribution is -2.48. The van der Waals surface area contributed by atoms with E-state index in [-0.39, 0.29) is 25.5 Å². The van der Waals surface area contributed by atoms with Gasteiger partial charge < -0.3 is 25.2 Å². The molecule has 3 rings (SSSR count). The summed E-state index contributed by atoms with van der Waals surface area (Å²) in [6, 6.07) is 14.7. The van der Waals surface area contributed by atoms with Gasteiger partial charge in [-0.25, -0.2) is 9.59 Å². The first-order valence-electron chi connectivity index (χ1n) is 11.3. The van der Waals surface area contributed by atoms with Gasteiger partial charge in [0.25, 0.3) is 0 Å². The third-order valence-electron chi connectivity index (χ3n) is 6.18. The number of benzene rings is 2. The van der Waals surface area contributed by atoms with E-state index >= 15 is 0 Å². The Kier molecular flexibility index (Phi) is 8.11. The lowest BCUT2D eigenvalue weighted by atomic mass is 9.88. The maximum Gasteiger partial charge on any atom is 0.407 e. The molecule has 0 saturated heterocycles. The van der Waals surface area contributed by atoms with E-state index in [2.05, 4.69) is 27.5 Å². The Hall–Kier alpha value is -3.88. The third-order valence-corrected chi connectivity index (χ3v) is 6.18. The zero-order chi connectivity index (χ0) is 25.6. The molecular formula is C26H30N2O7. The van der Waals surface area contributed by atoms with Crippen molar-refractivity contribution in [3.8, 4) is 11.1 Å². The van der Waals surface area contributed by atoms with Gasteiger partial charge in [-0.3, -0.25) is 9.59 Å². The van der Waals surface area contributed by atoms with E-state index in [1.54, 1.807) is 13.8 Å². The van der Waals surface area contributed by atoms with Crippen LogP contribution in [0.15, 0.2) is 48.5 Å². The second-order valence-corrected chi connectivity index (χ2v) is 9.03. The first kappa shape index (κ1) is 25.7. The Morgan fingerprint density at radius 2 is 1.57 bits per heavy atom. The van der Waals surface area contributed by atoms with Crippen molar-refractivity contribution >= 4 is 23.9 Å². The molecule has 1 aliphatic rings. The fourth-order valence-electron chi connectivity index (χ4n) is 4.04. The number of alkyl carbamates (subject to hydrolysis) is 1. The van der Waals surface area contributed by atoms with E-state index in [9.17, 15) is 24.3 Å². The van der Waals surface area contributed by atoms with Gasteiger partial charge in [0.05, 0.1) is 13.5 Å². The van der Waals surface area contributed by atoms with E-state index in [0.717, 1.165) is 29.4 Å². The Bertz CT molecular complexity index is 1070. The van der Waals surface area contributed by atoms with Crippen LogP contribution in [0.2, 0.25) is 0 Å². The van der Waals surface area contributed by atoms with Gasteiger partial charge in [-0.2, -0.15) is 0 Å². The lowest BCUT2D eigenvalue weighted by Gasteiger charge is -2.25. The van der Waals surface area contributed by atoms with Crippen LogP contribution in [0.3, 0.4) is 0 Å². The molecule has 0 radical (unpaired) electrons. The summed E-state index contributed by atoms with van der Waals surface area (Å²) in [5.74, 6) is -2.69. The predicted octanol–water partition coefficient (Wildman–Crippen LogP) is 3.07. The molecule has 1 aliphatic carbocycles. The predicted molar refractivity (Wildman–Crippen MR) is 128 cm³/mol. The molecule has 0 unspecified atom stereocenters. The van der Waals surface area contributed by atoms with Gasteiger partial charge >= 0.3 is 18.0 Å². The standard InChI is InChI=1S/C26H30N2O7/c1-26(2,24(32)28-21(23(30)31)14-22(29)34-3)12-13-27-25(33)35-15-20-18-10-6-4-8-16(18)17-9-5-7-11-19(17)20/h4-11,20-21H,12-15H2,1-3H3,(H,27,33)(H,28,32)(H,30,31)/t21-/m1/s1. The van der Waals surface area contributed by atoms with Gasteiger partial charge in [0.2, 0.25) is 5.91 Å². The van der Waals surface area contributed by atoms with Crippen LogP contribution >= 0.6 is 0 Å². The summed E-state index contributed by atoms with van der Waals surface area (Å²) in [6.07, 6.45) is -0.851. The van der Waals surface area contributed by atoms with Crippen molar-refractivity contribution in [1.29, 1.82) is 0 Å². The quantitative estimate of drug-likeness (QED) is 0.444. The van der Waals surface area contributed by atoms with Crippen molar-refractivity contribution in [2.45, 2.75) is 38.6 Å². The highest BCUT2D eigenvalue weighted by molar-refractivity contribution is 5.89. The molecule has 35 heavy (non-hydrogen) atoms. The first-order chi connectivity index (χ1) is 16.6. The summed E-state index contributed by atoms with van der Waals surface area (Å²) >= 11 is 0. The summed E-state index contributed by atoms with van der Waals surface area (Å²) < 4.78 is 9.96. The Balaban J connectivity index is 1.50. The van der Waals surface area contributed by atoms with Crippen LogP contribution in [0.5, 0.6) is 0 Å². The fraction of sp³-hybridized carbons (Fsp3) is 0.385. The average Bonchev–Trinajstić information content (AvgIpc) is 3.15. The number of carboxylic acids is 1. The number of esters is 1. The molecule has 0 heterocycles. The summed E-state index contributed by atoms with van der Waals surface area (Å²) in [4.78, 5) is 47.7. The van der Waals surface area contributed by atoms with Crippen LogP contribution in [0.1, 0.15) is 43.7 Å². The highest BCUT2D eigenvalue weighted by atomic mass is 16.5. The molecule has 1 atom stereocenters. The van der Waals surface area contributed by atoms with Gasteiger partial charge in [0.1, 0.15) is 12.6 Å². The van der Waals surface area contributed by atoms with Gasteiger partial charge in [-0.15, -0.1) is 0 Å². The smallest absolute Gasteiger partial charge is 0.407 e. The molecule has 3 N–H and O–H groups in total. The number of carboxylic acid groups (broad SMARTS) is 1. The number of methoxy groups -OCH3 is 1. The molecule has 0 bridgehead atoms. The highest BCUT2D eigenvalue weighted by Crippen LogP contribution is 2.44. The molecule has 9 nitrogen and oxygen atoms in total. The van der Waals surface area contributed by atoms with Crippen LogP contribution in [-0.2, 0) is 23.9 Å². The summed E-state index contributed by atoms with van der Waals surface area (Å²) in [7, 11) is 1.14. The molecule has 9 heteroatoms. The number of hydrogen-bond acceptors (Lipinski definition) is 6. The fourth-order valence-corrected chi connectivity index (χ4v) is 4.04. The number of aliphatic carboxylic acids is 1. The van der Waals surface area contributed by atoms with Crippen LogP contribution in [0.4, 0.5) is 4.79 Å². The summed E-state index contributed by atoms with van der Waals surface area (Å²) in [6.45, 7) is 3.57. The van der Waals surface area contributed by atoms with Crippen molar-refractivity contribution in [1.82, 2.24) is 10.6 Å². The SMILES string of the molecule is COC(=O)C[C@@H](NC(=O)C(C)(C)CCNC(=O)OCC1c2ccccc2-c2ccccc21)C(=O)O. The minimum atomic E-state index is -1.40. The lowest BCUT2D eigenvalue weighted by molar-refractivity contribution is -0.149. The van der Waals surface area contributed by atoms with E-state index < -0.39 is 41.8 Å². The van der Waals surface area contributed by atoms with Crippen molar-refractivity contribution in [3.05, 3.63) is 59.7 Å². The normalized spacial score (nSPS) is 13.2. The van der Waals surface area contributed by atoms with Gasteiger partial charge in [0.15, 0.2) is 0 Å². The molecule has 2 amide bonds. The van der Waals surface area contributed by atoms with Gasteiger partial charge in [-0.1, -0.05) is 62.4 Å². The van der Waals surface area contributed by atoms with E-state index in [1.807, 2.05) is 36.4 Å². The van der Waals surface area contributed by atoms with Gasteiger partial charge in [0, 0.05) is 17.9 Å². The average molecular weight is 483 g/mol.